The Morgan fingerprint density at radius 2 is 1.74 bits per heavy atom. The van der Waals surface area contributed by atoms with Gasteiger partial charge in [0.05, 0.1) is 0 Å². The molecule has 1 N–H and O–H groups in total. The average molecular weight is 317 g/mol. The number of hydrogen-bond acceptors (Lipinski definition) is 2. The summed E-state index contributed by atoms with van der Waals surface area (Å²) in [6, 6.07) is 0.388. The quantitative estimate of drug-likeness (QED) is 0.801. The van der Waals surface area contributed by atoms with Crippen molar-refractivity contribution in [2.75, 3.05) is 0 Å². The lowest BCUT2D eigenvalue weighted by Crippen LogP contribution is -2.61. The first-order chi connectivity index (χ1) is 10.9. The standard InChI is InChI=1S/C20H31NO2/c1-12(22)14-5-6-15-13-4-7-17-20(3,11-9-18(23)21-17)16(13)8-10-19(14,15)2/h13-17H,4-11H2,1-3H3,(H,21,23)/t13-,14-,15-,16-,17+,19+,20+/m0/s1. The summed E-state index contributed by atoms with van der Waals surface area (Å²) in [4.78, 5) is 24.0. The summed E-state index contributed by atoms with van der Waals surface area (Å²) in [6.07, 6.45) is 8.96. The third kappa shape index (κ3) is 2.07. The minimum Gasteiger partial charge on any atom is -0.353 e. The van der Waals surface area contributed by atoms with Gasteiger partial charge in [-0.05, 0) is 80.5 Å². The highest BCUT2D eigenvalue weighted by atomic mass is 16.1. The maximum Gasteiger partial charge on any atom is 0.220 e. The second-order valence-corrected chi connectivity index (χ2v) is 9.37. The molecule has 3 nitrogen and oxygen atoms in total. The maximum absolute atomic E-state index is 12.1. The van der Waals surface area contributed by atoms with Gasteiger partial charge in [-0.15, -0.1) is 0 Å². The molecule has 128 valence electrons. The summed E-state index contributed by atoms with van der Waals surface area (Å²) in [5, 5.41) is 3.30. The van der Waals surface area contributed by atoms with E-state index >= 15 is 0 Å². The van der Waals surface area contributed by atoms with Crippen molar-refractivity contribution in [2.45, 2.75) is 78.2 Å². The van der Waals surface area contributed by atoms with Crippen molar-refractivity contribution < 1.29 is 9.59 Å². The summed E-state index contributed by atoms with van der Waals surface area (Å²) < 4.78 is 0. The normalized spacial score (nSPS) is 52.1. The largest absolute Gasteiger partial charge is 0.353 e. The van der Waals surface area contributed by atoms with Gasteiger partial charge in [0.2, 0.25) is 5.91 Å². The van der Waals surface area contributed by atoms with Gasteiger partial charge in [-0.1, -0.05) is 13.8 Å². The predicted molar refractivity (Wildman–Crippen MR) is 89.7 cm³/mol. The molecule has 7 atom stereocenters. The van der Waals surface area contributed by atoms with E-state index in [2.05, 4.69) is 19.2 Å². The topological polar surface area (TPSA) is 46.2 Å². The van der Waals surface area contributed by atoms with Gasteiger partial charge in [0.25, 0.3) is 0 Å². The number of piperidine rings is 1. The molecule has 4 rings (SSSR count). The lowest BCUT2D eigenvalue weighted by Gasteiger charge is -2.60. The van der Waals surface area contributed by atoms with Crippen LogP contribution in [0.25, 0.3) is 0 Å². The van der Waals surface area contributed by atoms with E-state index in [1.54, 1.807) is 6.92 Å². The molecular formula is C20H31NO2. The van der Waals surface area contributed by atoms with Crippen LogP contribution in [-0.4, -0.2) is 17.7 Å². The molecule has 0 spiro atoms. The Morgan fingerprint density at radius 3 is 2.48 bits per heavy atom. The maximum atomic E-state index is 12.1. The average Bonchev–Trinajstić information content (AvgIpc) is 2.85. The number of carbonyl (C=O) groups is 2. The molecule has 1 heterocycles. The van der Waals surface area contributed by atoms with E-state index in [4.69, 9.17) is 0 Å². The second kappa shape index (κ2) is 5.07. The van der Waals surface area contributed by atoms with Crippen molar-refractivity contribution in [3.05, 3.63) is 0 Å². The number of Topliss-reactive ketones (excluding diaryl/α,β-unsaturated/α-hetero) is 1. The third-order valence-electron chi connectivity index (χ3n) is 8.59. The van der Waals surface area contributed by atoms with Crippen LogP contribution in [0.2, 0.25) is 0 Å². The van der Waals surface area contributed by atoms with Crippen molar-refractivity contribution in [3.63, 3.8) is 0 Å². The highest BCUT2D eigenvalue weighted by molar-refractivity contribution is 5.79. The molecule has 1 saturated heterocycles. The zero-order valence-corrected chi connectivity index (χ0v) is 14.9. The molecular weight excluding hydrogens is 286 g/mol. The SMILES string of the molecule is CC(=O)[C@@H]1CC[C@H]2[C@@H]3CC[C@H]4NC(=O)CC[C@]4(C)[C@H]3CC[C@]12C. The van der Waals surface area contributed by atoms with Crippen LogP contribution in [0, 0.1) is 34.5 Å². The number of ketones is 1. The Hall–Kier alpha value is -0.860. The summed E-state index contributed by atoms with van der Waals surface area (Å²) in [5.41, 5.74) is 0.528. The fourth-order valence-corrected chi connectivity index (χ4v) is 7.37. The molecule has 1 aliphatic heterocycles. The van der Waals surface area contributed by atoms with Gasteiger partial charge in [0.1, 0.15) is 5.78 Å². The van der Waals surface area contributed by atoms with E-state index < -0.39 is 0 Å². The molecule has 23 heavy (non-hydrogen) atoms. The minimum atomic E-state index is 0.244. The molecule has 4 fully saturated rings. The van der Waals surface area contributed by atoms with Crippen molar-refractivity contribution in [1.82, 2.24) is 5.32 Å². The Morgan fingerprint density at radius 1 is 1.00 bits per heavy atom. The number of amides is 1. The lowest BCUT2D eigenvalue weighted by molar-refractivity contribution is -0.140. The molecule has 3 heteroatoms. The fraction of sp³-hybridized carbons (Fsp3) is 0.900. The fourth-order valence-electron chi connectivity index (χ4n) is 7.37. The lowest BCUT2D eigenvalue weighted by atomic mass is 9.47. The van der Waals surface area contributed by atoms with Crippen LogP contribution in [0.5, 0.6) is 0 Å². The van der Waals surface area contributed by atoms with Crippen LogP contribution >= 0.6 is 0 Å². The summed E-state index contributed by atoms with van der Waals surface area (Å²) in [6.45, 7) is 6.65. The summed E-state index contributed by atoms with van der Waals surface area (Å²) >= 11 is 0. The first-order valence-corrected chi connectivity index (χ1v) is 9.66. The van der Waals surface area contributed by atoms with Crippen LogP contribution in [0.3, 0.4) is 0 Å². The number of rotatable bonds is 1. The first-order valence-electron chi connectivity index (χ1n) is 9.66. The van der Waals surface area contributed by atoms with Gasteiger partial charge >= 0.3 is 0 Å². The van der Waals surface area contributed by atoms with Gasteiger partial charge in [-0.3, -0.25) is 9.59 Å². The van der Waals surface area contributed by atoms with E-state index in [0.29, 0.717) is 24.2 Å². The van der Waals surface area contributed by atoms with Crippen molar-refractivity contribution >= 4 is 11.7 Å². The molecule has 0 bridgehead atoms. The minimum absolute atomic E-state index is 0.244. The molecule has 0 unspecified atom stereocenters. The highest BCUT2D eigenvalue weighted by Crippen LogP contribution is 2.65. The molecule has 0 radical (unpaired) electrons. The van der Waals surface area contributed by atoms with E-state index in [1.165, 1.54) is 25.7 Å². The van der Waals surface area contributed by atoms with Crippen LogP contribution in [0.15, 0.2) is 0 Å². The predicted octanol–water partition coefficient (Wildman–Crippen LogP) is 3.71. The Balaban J connectivity index is 1.63. The molecule has 0 aromatic carbocycles. The van der Waals surface area contributed by atoms with E-state index in [9.17, 15) is 9.59 Å². The van der Waals surface area contributed by atoms with E-state index in [0.717, 1.165) is 37.0 Å². The van der Waals surface area contributed by atoms with E-state index in [1.807, 2.05) is 0 Å². The number of fused-ring (bicyclic) bond motifs is 5. The Kier molecular flexibility index (Phi) is 3.45. The van der Waals surface area contributed by atoms with Gasteiger partial charge < -0.3 is 5.32 Å². The summed E-state index contributed by atoms with van der Waals surface area (Å²) in [7, 11) is 0. The van der Waals surface area contributed by atoms with Gasteiger partial charge in [-0.2, -0.15) is 0 Å². The molecule has 0 aromatic rings. The monoisotopic (exact) mass is 317 g/mol. The van der Waals surface area contributed by atoms with Crippen molar-refractivity contribution in [3.8, 4) is 0 Å². The van der Waals surface area contributed by atoms with Crippen LogP contribution in [0.1, 0.15) is 72.1 Å². The molecule has 4 aliphatic rings. The third-order valence-corrected chi connectivity index (χ3v) is 8.59. The van der Waals surface area contributed by atoms with Crippen LogP contribution < -0.4 is 5.32 Å². The van der Waals surface area contributed by atoms with Crippen molar-refractivity contribution in [1.29, 1.82) is 0 Å². The number of nitrogens with one attached hydrogen (secondary N) is 1. The van der Waals surface area contributed by atoms with Gasteiger partial charge in [0.15, 0.2) is 0 Å². The highest BCUT2D eigenvalue weighted by Gasteiger charge is 2.60. The van der Waals surface area contributed by atoms with Crippen molar-refractivity contribution in [2.24, 2.45) is 34.5 Å². The zero-order valence-electron chi connectivity index (χ0n) is 14.9. The van der Waals surface area contributed by atoms with E-state index in [-0.39, 0.29) is 16.7 Å². The number of carbonyl (C=O) groups excluding carboxylic acids is 2. The molecule has 3 aliphatic carbocycles. The molecule has 1 amide bonds. The van der Waals surface area contributed by atoms with Gasteiger partial charge in [-0.25, -0.2) is 0 Å². The Labute approximate surface area is 140 Å². The molecule has 3 saturated carbocycles. The molecule has 0 aromatic heterocycles. The Bertz CT molecular complexity index is 544. The van der Waals surface area contributed by atoms with Crippen LogP contribution in [-0.2, 0) is 9.59 Å². The summed E-state index contributed by atoms with van der Waals surface area (Å²) in [5.74, 6) is 3.21. The second-order valence-electron chi connectivity index (χ2n) is 9.37. The zero-order chi connectivity index (χ0) is 16.4. The first kappa shape index (κ1) is 15.7. The smallest absolute Gasteiger partial charge is 0.220 e. The number of hydrogen-bond donors (Lipinski definition) is 1. The van der Waals surface area contributed by atoms with Crippen LogP contribution in [0.4, 0.5) is 0 Å². The van der Waals surface area contributed by atoms with Gasteiger partial charge in [0, 0.05) is 18.4 Å².